The third-order valence-corrected chi connectivity index (χ3v) is 6.57. The summed E-state index contributed by atoms with van der Waals surface area (Å²) in [6, 6.07) is 15.8. The summed E-state index contributed by atoms with van der Waals surface area (Å²) >= 11 is 0. The quantitative estimate of drug-likeness (QED) is 0.457. The molecule has 9 nitrogen and oxygen atoms in total. The average molecular weight is 464 g/mol. The summed E-state index contributed by atoms with van der Waals surface area (Å²) in [5.41, 5.74) is 1.33. The monoisotopic (exact) mass is 464 g/mol. The van der Waals surface area contributed by atoms with Crippen molar-refractivity contribution in [3.8, 4) is 5.75 Å². The Hall–Kier alpha value is -2.87. The number of alkyl carbamates (subject to hydrolysis) is 1. The van der Waals surface area contributed by atoms with Crippen LogP contribution in [0.15, 0.2) is 54.6 Å². The van der Waals surface area contributed by atoms with Gasteiger partial charge in [-0.25, -0.2) is 4.79 Å². The molecule has 0 heterocycles. The zero-order chi connectivity index (χ0) is 23.4. The van der Waals surface area contributed by atoms with Gasteiger partial charge in [-0.15, -0.1) is 0 Å². The Kier molecular flexibility index (Phi) is 10.2. The maximum Gasteiger partial charge on any atom is 0.407 e. The smallest absolute Gasteiger partial charge is 0.407 e. The first-order valence-electron chi connectivity index (χ1n) is 10.2. The van der Waals surface area contributed by atoms with E-state index in [9.17, 15) is 14.2 Å². The second-order valence-electron chi connectivity index (χ2n) is 6.53. The predicted molar refractivity (Wildman–Crippen MR) is 119 cm³/mol. The van der Waals surface area contributed by atoms with E-state index in [2.05, 4.69) is 10.6 Å². The van der Waals surface area contributed by atoms with Crippen molar-refractivity contribution < 1.29 is 32.7 Å². The lowest BCUT2D eigenvalue weighted by atomic mass is 10.2. The maximum absolute atomic E-state index is 13.4. The Labute approximate surface area is 187 Å². The summed E-state index contributed by atoms with van der Waals surface area (Å²) in [4.78, 5) is 24.5. The van der Waals surface area contributed by atoms with Crippen LogP contribution < -0.4 is 15.4 Å². The normalized spacial score (nSPS) is 12.0. The van der Waals surface area contributed by atoms with Gasteiger partial charge in [-0.3, -0.25) is 9.36 Å². The van der Waals surface area contributed by atoms with Gasteiger partial charge in [0.1, 0.15) is 18.9 Å². The van der Waals surface area contributed by atoms with Crippen LogP contribution in [0.3, 0.4) is 0 Å². The van der Waals surface area contributed by atoms with Gasteiger partial charge < -0.3 is 29.2 Å². The molecule has 2 N–H and O–H groups in total. The molecule has 0 aliphatic rings. The summed E-state index contributed by atoms with van der Waals surface area (Å²) in [6.45, 7) is 3.32. The number of amides is 2. The van der Waals surface area contributed by atoms with Crippen molar-refractivity contribution in [1.82, 2.24) is 10.6 Å². The molecule has 1 atom stereocenters. The first-order valence-corrected chi connectivity index (χ1v) is 11.8. The highest BCUT2D eigenvalue weighted by Crippen LogP contribution is 2.59. The molecular formula is C22H29N2O7P. The van der Waals surface area contributed by atoms with Crippen molar-refractivity contribution in [3.63, 3.8) is 0 Å². The minimum atomic E-state index is -3.75. The van der Waals surface area contributed by atoms with Crippen LogP contribution in [0.1, 0.15) is 30.8 Å². The third kappa shape index (κ3) is 7.67. The number of carbonyl (C=O) groups is 2. The van der Waals surface area contributed by atoms with Crippen LogP contribution in [0.5, 0.6) is 5.75 Å². The van der Waals surface area contributed by atoms with Gasteiger partial charge in [-0.1, -0.05) is 42.5 Å². The molecule has 174 valence electrons. The lowest BCUT2D eigenvalue weighted by molar-refractivity contribution is -0.120. The lowest BCUT2D eigenvalue weighted by Gasteiger charge is -2.27. The minimum absolute atomic E-state index is 0.0760. The van der Waals surface area contributed by atoms with Gasteiger partial charge in [-0.05, 0) is 37.1 Å². The van der Waals surface area contributed by atoms with Crippen LogP contribution in [0.4, 0.5) is 4.79 Å². The number of benzene rings is 2. The highest BCUT2D eigenvalue weighted by Gasteiger charge is 2.38. The number of rotatable bonds is 12. The summed E-state index contributed by atoms with van der Waals surface area (Å²) in [7, 11) is -2.22. The van der Waals surface area contributed by atoms with Gasteiger partial charge in [-0.2, -0.15) is 0 Å². The van der Waals surface area contributed by atoms with E-state index in [-0.39, 0.29) is 26.4 Å². The molecule has 2 rings (SSSR count). The first kappa shape index (κ1) is 25.4. The highest BCUT2D eigenvalue weighted by molar-refractivity contribution is 7.54. The van der Waals surface area contributed by atoms with Gasteiger partial charge in [0.25, 0.3) is 0 Å². The topological polar surface area (TPSA) is 112 Å². The minimum Gasteiger partial charge on any atom is -0.497 e. The van der Waals surface area contributed by atoms with Gasteiger partial charge in [0.05, 0.1) is 20.3 Å². The molecule has 10 heteroatoms. The molecule has 0 saturated heterocycles. The SMILES string of the molecule is CCOP(=O)(OCC)C(NC(=O)CNC(=O)OCc1ccccc1)c1ccc(OC)cc1. The van der Waals surface area contributed by atoms with Crippen molar-refractivity contribution in [2.45, 2.75) is 26.2 Å². The van der Waals surface area contributed by atoms with E-state index in [4.69, 9.17) is 18.5 Å². The second kappa shape index (κ2) is 12.9. The third-order valence-electron chi connectivity index (χ3n) is 4.27. The zero-order valence-electron chi connectivity index (χ0n) is 18.4. The van der Waals surface area contributed by atoms with Crippen LogP contribution >= 0.6 is 7.60 Å². The second-order valence-corrected chi connectivity index (χ2v) is 8.65. The average Bonchev–Trinajstić information content (AvgIpc) is 2.81. The van der Waals surface area contributed by atoms with Crippen molar-refractivity contribution in [2.24, 2.45) is 0 Å². The van der Waals surface area contributed by atoms with E-state index in [1.165, 1.54) is 7.11 Å². The van der Waals surface area contributed by atoms with Gasteiger partial charge >= 0.3 is 13.7 Å². The summed E-state index contributed by atoms with van der Waals surface area (Å²) in [6.07, 6.45) is -0.747. The van der Waals surface area contributed by atoms with E-state index in [1.54, 1.807) is 38.1 Å². The molecule has 32 heavy (non-hydrogen) atoms. The molecule has 0 aromatic heterocycles. The van der Waals surface area contributed by atoms with E-state index in [1.807, 2.05) is 30.3 Å². The maximum atomic E-state index is 13.4. The van der Waals surface area contributed by atoms with E-state index in [0.717, 1.165) is 5.56 Å². The molecule has 0 spiro atoms. The van der Waals surface area contributed by atoms with Crippen molar-refractivity contribution in [1.29, 1.82) is 0 Å². The van der Waals surface area contributed by atoms with Crippen molar-refractivity contribution in [2.75, 3.05) is 26.9 Å². The van der Waals surface area contributed by atoms with E-state index < -0.39 is 25.4 Å². The molecule has 2 aromatic rings. The number of nitrogens with one attached hydrogen (secondary N) is 2. The largest absolute Gasteiger partial charge is 0.497 e. The summed E-state index contributed by atoms with van der Waals surface area (Å²) in [5.74, 6) is -1.05. The van der Waals surface area contributed by atoms with Crippen molar-refractivity contribution in [3.05, 3.63) is 65.7 Å². The highest BCUT2D eigenvalue weighted by atomic mass is 31.2. The van der Waals surface area contributed by atoms with Crippen molar-refractivity contribution >= 4 is 19.6 Å². The van der Waals surface area contributed by atoms with Crippen LogP contribution in [-0.2, 0) is 29.8 Å². The Morgan fingerprint density at radius 2 is 1.59 bits per heavy atom. The molecule has 2 aromatic carbocycles. The molecule has 1 unspecified atom stereocenters. The first-order chi connectivity index (χ1) is 15.4. The molecule has 0 bridgehead atoms. The number of methoxy groups -OCH3 is 1. The number of hydrogen-bond donors (Lipinski definition) is 2. The number of carbonyl (C=O) groups excluding carboxylic acids is 2. The standard InChI is InChI=1S/C22H29N2O7P/c1-4-30-32(27,31-5-2)21(18-11-13-19(28-3)14-12-18)24-20(25)15-23-22(26)29-16-17-9-7-6-8-10-17/h6-14,21H,4-5,15-16H2,1-3H3,(H,23,26)(H,24,25). The van der Waals surface area contributed by atoms with E-state index >= 15 is 0 Å². The molecule has 0 aliphatic heterocycles. The fraction of sp³-hybridized carbons (Fsp3) is 0.364. The Bertz CT molecular complexity index is 896. The molecule has 0 radical (unpaired) electrons. The van der Waals surface area contributed by atoms with Crippen LogP contribution in [-0.4, -0.2) is 38.9 Å². The van der Waals surface area contributed by atoms with Gasteiger partial charge in [0, 0.05) is 0 Å². The molecule has 0 aliphatic carbocycles. The molecule has 0 fully saturated rings. The van der Waals surface area contributed by atoms with Crippen LogP contribution in [0.2, 0.25) is 0 Å². The van der Waals surface area contributed by atoms with Crippen LogP contribution in [0.25, 0.3) is 0 Å². The Morgan fingerprint density at radius 1 is 0.969 bits per heavy atom. The number of hydrogen-bond acceptors (Lipinski definition) is 7. The zero-order valence-corrected chi connectivity index (χ0v) is 19.3. The van der Waals surface area contributed by atoms with Gasteiger partial charge in [0.15, 0.2) is 5.78 Å². The fourth-order valence-electron chi connectivity index (χ4n) is 2.81. The molecular weight excluding hydrogens is 435 g/mol. The van der Waals surface area contributed by atoms with Crippen LogP contribution in [0, 0.1) is 0 Å². The fourth-order valence-corrected chi connectivity index (χ4v) is 4.74. The Morgan fingerprint density at radius 3 is 2.16 bits per heavy atom. The molecule has 2 amide bonds. The lowest BCUT2D eigenvalue weighted by Crippen LogP contribution is -2.39. The summed E-state index contributed by atoms with van der Waals surface area (Å²) in [5, 5.41) is 5.03. The predicted octanol–water partition coefficient (Wildman–Crippen LogP) is 4.00. The number of ether oxygens (including phenoxy) is 2. The van der Waals surface area contributed by atoms with E-state index in [0.29, 0.717) is 11.3 Å². The van der Waals surface area contributed by atoms with Gasteiger partial charge in [0.2, 0.25) is 5.91 Å². The Balaban J connectivity index is 2.04. The molecule has 0 saturated carbocycles. The summed E-state index contributed by atoms with van der Waals surface area (Å²) < 4.78 is 34.5.